The van der Waals surface area contributed by atoms with Crippen LogP contribution in [-0.4, -0.2) is 0 Å². The van der Waals surface area contributed by atoms with Crippen LogP contribution in [0.2, 0.25) is 0 Å². The lowest BCUT2D eigenvalue weighted by Gasteiger charge is -2.12. The Labute approximate surface area is 206 Å². The van der Waals surface area contributed by atoms with Crippen LogP contribution in [0.5, 0.6) is 0 Å². The van der Waals surface area contributed by atoms with Crippen molar-refractivity contribution in [2.45, 2.75) is 51.6 Å². The summed E-state index contributed by atoms with van der Waals surface area (Å²) in [5.74, 6) is -3.76. The summed E-state index contributed by atoms with van der Waals surface area (Å²) < 4.78 is 81.1. The first kappa shape index (κ1) is 25.8. The number of rotatable bonds is 8. The van der Waals surface area contributed by atoms with Crippen molar-refractivity contribution < 1.29 is 26.3 Å². The Balaban J connectivity index is 1.45. The van der Waals surface area contributed by atoms with Crippen molar-refractivity contribution in [1.29, 1.82) is 0 Å². The minimum atomic E-state index is -5.12. The van der Waals surface area contributed by atoms with Gasteiger partial charge in [-0.15, -0.1) is 0 Å². The van der Waals surface area contributed by atoms with E-state index in [9.17, 15) is 22.0 Å². The Hall–Kier alpha value is -3.28. The SMILES string of the molecule is CCCc1ccc(CCc2ccc3c(F)c(CCc4cc(F)c(C(F)(F)F)c(F)c4)ccc3c2)cc1. The molecule has 4 rings (SSSR count). The molecule has 0 fully saturated rings. The van der Waals surface area contributed by atoms with Crippen LogP contribution in [0, 0.1) is 17.5 Å². The fourth-order valence-electron chi connectivity index (χ4n) is 4.50. The summed E-state index contributed by atoms with van der Waals surface area (Å²) in [6.45, 7) is 2.15. The van der Waals surface area contributed by atoms with Crippen LogP contribution in [0.3, 0.4) is 0 Å². The summed E-state index contributed by atoms with van der Waals surface area (Å²) in [5, 5.41) is 1.18. The summed E-state index contributed by atoms with van der Waals surface area (Å²) >= 11 is 0. The zero-order valence-corrected chi connectivity index (χ0v) is 19.9. The predicted octanol–water partition coefficient (Wildman–Crippen LogP) is 8.80. The van der Waals surface area contributed by atoms with Crippen molar-refractivity contribution in [3.63, 3.8) is 0 Å². The first-order valence-corrected chi connectivity index (χ1v) is 12.0. The molecule has 0 atom stereocenters. The molecule has 0 aliphatic rings. The van der Waals surface area contributed by atoms with Gasteiger partial charge in [-0.05, 0) is 77.4 Å². The Kier molecular flexibility index (Phi) is 7.72. The van der Waals surface area contributed by atoms with Crippen LogP contribution in [-0.2, 0) is 38.3 Å². The molecule has 0 amide bonds. The lowest BCUT2D eigenvalue weighted by molar-refractivity contribution is -0.142. The Morgan fingerprint density at radius 1 is 0.583 bits per heavy atom. The normalized spacial score (nSPS) is 11.9. The lowest BCUT2D eigenvalue weighted by Crippen LogP contribution is -2.12. The van der Waals surface area contributed by atoms with Gasteiger partial charge in [0.1, 0.15) is 23.0 Å². The van der Waals surface area contributed by atoms with Gasteiger partial charge in [-0.25, -0.2) is 13.2 Å². The fraction of sp³-hybridized carbons (Fsp3) is 0.267. The zero-order valence-electron chi connectivity index (χ0n) is 19.9. The molecule has 0 aliphatic heterocycles. The molecule has 0 N–H and O–H groups in total. The van der Waals surface area contributed by atoms with Crippen molar-refractivity contribution in [3.05, 3.63) is 118 Å². The smallest absolute Gasteiger partial charge is 0.206 e. The van der Waals surface area contributed by atoms with Crippen molar-refractivity contribution >= 4 is 10.8 Å². The van der Waals surface area contributed by atoms with Crippen LogP contribution < -0.4 is 0 Å². The van der Waals surface area contributed by atoms with Gasteiger partial charge in [0.2, 0.25) is 0 Å². The van der Waals surface area contributed by atoms with Crippen molar-refractivity contribution in [1.82, 2.24) is 0 Å². The highest BCUT2D eigenvalue weighted by Crippen LogP contribution is 2.34. The second-order valence-corrected chi connectivity index (χ2v) is 9.09. The van der Waals surface area contributed by atoms with Gasteiger partial charge < -0.3 is 0 Å². The molecule has 0 heterocycles. The average Bonchev–Trinajstić information content (AvgIpc) is 2.82. The molecule has 0 radical (unpaired) electrons. The first-order valence-electron chi connectivity index (χ1n) is 12.0. The molecule has 0 bridgehead atoms. The van der Waals surface area contributed by atoms with Crippen molar-refractivity contribution in [3.8, 4) is 0 Å². The maximum Gasteiger partial charge on any atom is 0.422 e. The third kappa shape index (κ3) is 5.92. The maximum atomic E-state index is 15.1. The minimum Gasteiger partial charge on any atom is -0.206 e. The van der Waals surface area contributed by atoms with E-state index >= 15 is 4.39 Å². The molecule has 0 nitrogen and oxygen atoms in total. The van der Waals surface area contributed by atoms with Gasteiger partial charge >= 0.3 is 6.18 Å². The molecule has 0 unspecified atom stereocenters. The topological polar surface area (TPSA) is 0 Å². The molecule has 4 aromatic carbocycles. The van der Waals surface area contributed by atoms with Gasteiger partial charge in [-0.2, -0.15) is 13.2 Å². The van der Waals surface area contributed by atoms with Crippen LogP contribution in [0.4, 0.5) is 26.3 Å². The molecule has 0 spiro atoms. The maximum absolute atomic E-state index is 15.1. The molecule has 36 heavy (non-hydrogen) atoms. The Morgan fingerprint density at radius 2 is 1.14 bits per heavy atom. The summed E-state index contributed by atoms with van der Waals surface area (Å²) in [6, 6.07) is 18.9. The van der Waals surface area contributed by atoms with E-state index in [1.807, 2.05) is 12.1 Å². The average molecular weight is 501 g/mol. The second-order valence-electron chi connectivity index (χ2n) is 9.09. The minimum absolute atomic E-state index is 0.00351. The lowest BCUT2D eigenvalue weighted by atomic mass is 9.96. The van der Waals surface area contributed by atoms with Crippen LogP contribution >= 0.6 is 0 Å². The Morgan fingerprint density at radius 3 is 1.75 bits per heavy atom. The summed E-state index contributed by atoms with van der Waals surface area (Å²) in [4.78, 5) is 0. The quantitative estimate of drug-likeness (QED) is 0.212. The highest BCUT2D eigenvalue weighted by Gasteiger charge is 2.37. The van der Waals surface area contributed by atoms with Crippen LogP contribution in [0.1, 0.15) is 46.7 Å². The highest BCUT2D eigenvalue weighted by atomic mass is 19.4. The number of benzene rings is 4. The summed E-state index contributed by atoms with van der Waals surface area (Å²) in [6.07, 6.45) is -1.14. The van der Waals surface area contributed by atoms with E-state index in [0.29, 0.717) is 23.1 Å². The third-order valence-corrected chi connectivity index (χ3v) is 6.43. The third-order valence-electron chi connectivity index (χ3n) is 6.43. The van der Waals surface area contributed by atoms with Crippen molar-refractivity contribution in [2.24, 2.45) is 0 Å². The largest absolute Gasteiger partial charge is 0.422 e. The molecular weight excluding hydrogens is 474 g/mol. The number of hydrogen-bond donors (Lipinski definition) is 0. The van der Waals surface area contributed by atoms with Gasteiger partial charge in [0.25, 0.3) is 0 Å². The first-order chi connectivity index (χ1) is 17.2. The summed E-state index contributed by atoms with van der Waals surface area (Å²) in [7, 11) is 0. The number of hydrogen-bond acceptors (Lipinski definition) is 0. The molecule has 6 heteroatoms. The van der Waals surface area contributed by atoms with E-state index in [2.05, 4.69) is 31.2 Å². The van der Waals surface area contributed by atoms with Gasteiger partial charge in [0.15, 0.2) is 0 Å². The molecule has 0 aromatic heterocycles. The standard InChI is InChI=1S/C30H26F6/c1-2-3-19-4-6-20(7-5-19)8-9-21-11-15-25-24(16-21)14-13-23(29(25)33)12-10-22-17-26(31)28(27(32)18-22)30(34,35)36/h4-7,11,13-18H,2-3,8-10,12H2,1H3. The number of aryl methyl sites for hydroxylation is 5. The molecule has 188 valence electrons. The number of alkyl halides is 3. The highest BCUT2D eigenvalue weighted by molar-refractivity contribution is 5.84. The van der Waals surface area contributed by atoms with Crippen molar-refractivity contribution in [2.75, 3.05) is 0 Å². The second kappa shape index (κ2) is 10.8. The van der Waals surface area contributed by atoms with E-state index < -0.39 is 29.2 Å². The predicted molar refractivity (Wildman–Crippen MR) is 131 cm³/mol. The zero-order chi connectivity index (χ0) is 25.9. The van der Waals surface area contributed by atoms with Crippen LogP contribution in [0.15, 0.2) is 66.7 Å². The molecule has 4 aromatic rings. The monoisotopic (exact) mass is 500 g/mol. The summed E-state index contributed by atoms with van der Waals surface area (Å²) in [5.41, 5.74) is 2.12. The van der Waals surface area contributed by atoms with Gasteiger partial charge in [0, 0.05) is 5.39 Å². The number of halogens is 6. The van der Waals surface area contributed by atoms with Crippen LogP contribution in [0.25, 0.3) is 10.8 Å². The van der Waals surface area contributed by atoms with Gasteiger partial charge in [0.05, 0.1) is 0 Å². The van der Waals surface area contributed by atoms with E-state index in [1.165, 1.54) is 11.1 Å². The Bertz CT molecular complexity index is 1330. The fourth-order valence-corrected chi connectivity index (χ4v) is 4.50. The van der Waals surface area contributed by atoms with E-state index in [1.54, 1.807) is 18.2 Å². The van der Waals surface area contributed by atoms with Gasteiger partial charge in [-0.3, -0.25) is 0 Å². The van der Waals surface area contributed by atoms with Gasteiger partial charge in [-0.1, -0.05) is 67.9 Å². The molecule has 0 saturated heterocycles. The molecular formula is C30H26F6. The number of fused-ring (bicyclic) bond motifs is 1. The van der Waals surface area contributed by atoms with E-state index in [-0.39, 0.29) is 18.4 Å². The molecule has 0 saturated carbocycles. The van der Waals surface area contributed by atoms with E-state index in [4.69, 9.17) is 0 Å². The molecule has 0 aliphatic carbocycles. The van der Waals surface area contributed by atoms with E-state index in [0.717, 1.165) is 36.6 Å².